The van der Waals surface area contributed by atoms with E-state index in [4.69, 9.17) is 4.74 Å². The van der Waals surface area contributed by atoms with Gasteiger partial charge in [-0.05, 0) is 30.5 Å². The van der Waals surface area contributed by atoms with E-state index in [-0.39, 0.29) is 24.1 Å². The lowest BCUT2D eigenvalue weighted by atomic mass is 9.98. The van der Waals surface area contributed by atoms with E-state index in [2.05, 4.69) is 10.2 Å². The first kappa shape index (κ1) is 20.6. The summed E-state index contributed by atoms with van der Waals surface area (Å²) in [4.78, 5) is 42.6. The Labute approximate surface area is 174 Å². The van der Waals surface area contributed by atoms with Gasteiger partial charge < -0.3 is 15.0 Å². The minimum Gasteiger partial charge on any atom is -0.494 e. The van der Waals surface area contributed by atoms with Crippen LogP contribution in [0.5, 0.6) is 5.75 Å². The van der Waals surface area contributed by atoms with Crippen LogP contribution in [0, 0.1) is 5.82 Å². The van der Waals surface area contributed by atoms with Gasteiger partial charge in [-0.3, -0.25) is 19.4 Å². The highest BCUT2D eigenvalue weighted by molar-refractivity contribution is 6.09. The number of imide groups is 1. The third-order valence-electron chi connectivity index (χ3n) is 6.34. The van der Waals surface area contributed by atoms with Gasteiger partial charge in [0.25, 0.3) is 5.91 Å². The van der Waals surface area contributed by atoms with Gasteiger partial charge in [-0.15, -0.1) is 0 Å². The fourth-order valence-corrected chi connectivity index (χ4v) is 4.59. The molecule has 2 aliphatic heterocycles. The molecule has 162 valence electrons. The number of carbonyl (C=O) groups is 3. The number of rotatable bonds is 5. The molecule has 1 saturated carbocycles. The number of nitrogens with one attached hydrogen (secondary N) is 1. The SMILES string of the molecule is COc1ccc(CN2CCN(C(=O)CN3C(=O)NC4(CCCC4)C3=O)CC2)cc1F. The number of ether oxygens (including phenoxy) is 1. The lowest BCUT2D eigenvalue weighted by Crippen LogP contribution is -2.52. The van der Waals surface area contributed by atoms with Crippen LogP contribution in [-0.4, -0.2) is 77.9 Å². The number of urea groups is 1. The van der Waals surface area contributed by atoms with Crippen molar-refractivity contribution < 1.29 is 23.5 Å². The fraction of sp³-hybridized carbons (Fsp3) is 0.571. The zero-order chi connectivity index (χ0) is 21.3. The third kappa shape index (κ3) is 3.86. The molecule has 0 atom stereocenters. The molecule has 0 radical (unpaired) electrons. The normalized spacial score (nSPS) is 21.4. The lowest BCUT2D eigenvalue weighted by Gasteiger charge is -2.35. The van der Waals surface area contributed by atoms with Crippen molar-refractivity contribution in [2.75, 3.05) is 39.8 Å². The van der Waals surface area contributed by atoms with Crippen LogP contribution in [0.2, 0.25) is 0 Å². The Bertz CT molecular complexity index is 847. The van der Waals surface area contributed by atoms with Crippen LogP contribution in [0.4, 0.5) is 9.18 Å². The highest BCUT2D eigenvalue weighted by atomic mass is 19.1. The first-order valence-electron chi connectivity index (χ1n) is 10.4. The predicted octanol–water partition coefficient (Wildman–Crippen LogP) is 1.34. The second-order valence-corrected chi connectivity index (χ2v) is 8.24. The average molecular weight is 418 g/mol. The number of carbonyl (C=O) groups excluding carboxylic acids is 3. The van der Waals surface area contributed by atoms with E-state index in [0.717, 1.165) is 23.3 Å². The van der Waals surface area contributed by atoms with E-state index in [1.807, 2.05) is 6.07 Å². The molecule has 4 rings (SSSR count). The molecule has 2 heterocycles. The Kier molecular flexibility index (Phi) is 5.64. The molecule has 0 bridgehead atoms. The maximum absolute atomic E-state index is 13.9. The van der Waals surface area contributed by atoms with Gasteiger partial charge >= 0.3 is 6.03 Å². The second-order valence-electron chi connectivity index (χ2n) is 8.24. The predicted molar refractivity (Wildman–Crippen MR) is 106 cm³/mol. The van der Waals surface area contributed by atoms with E-state index in [0.29, 0.717) is 45.6 Å². The molecular weight excluding hydrogens is 391 g/mol. The number of methoxy groups -OCH3 is 1. The van der Waals surface area contributed by atoms with Crippen molar-refractivity contribution in [3.05, 3.63) is 29.6 Å². The van der Waals surface area contributed by atoms with E-state index >= 15 is 0 Å². The van der Waals surface area contributed by atoms with Crippen molar-refractivity contribution in [1.29, 1.82) is 0 Å². The minimum absolute atomic E-state index is 0.212. The van der Waals surface area contributed by atoms with E-state index in [1.54, 1.807) is 11.0 Å². The highest BCUT2D eigenvalue weighted by Gasteiger charge is 2.52. The number of nitrogens with zero attached hydrogens (tertiary/aromatic N) is 3. The molecule has 3 aliphatic rings. The van der Waals surface area contributed by atoms with Gasteiger partial charge in [-0.2, -0.15) is 0 Å². The number of hydrogen-bond donors (Lipinski definition) is 1. The highest BCUT2D eigenvalue weighted by Crippen LogP contribution is 2.35. The van der Waals surface area contributed by atoms with E-state index < -0.39 is 17.4 Å². The summed E-state index contributed by atoms with van der Waals surface area (Å²) in [6.45, 7) is 2.67. The third-order valence-corrected chi connectivity index (χ3v) is 6.34. The minimum atomic E-state index is -0.788. The maximum atomic E-state index is 13.9. The van der Waals surface area contributed by atoms with Gasteiger partial charge in [-0.25, -0.2) is 9.18 Å². The van der Waals surface area contributed by atoms with Crippen molar-refractivity contribution in [3.63, 3.8) is 0 Å². The maximum Gasteiger partial charge on any atom is 0.325 e. The molecule has 0 unspecified atom stereocenters. The topological polar surface area (TPSA) is 82.2 Å². The number of halogens is 1. The first-order chi connectivity index (χ1) is 14.4. The Morgan fingerprint density at radius 1 is 1.17 bits per heavy atom. The molecule has 9 heteroatoms. The fourth-order valence-electron chi connectivity index (χ4n) is 4.59. The van der Waals surface area contributed by atoms with Gasteiger partial charge in [0.05, 0.1) is 7.11 Å². The summed E-state index contributed by atoms with van der Waals surface area (Å²) < 4.78 is 18.8. The summed E-state index contributed by atoms with van der Waals surface area (Å²) in [7, 11) is 1.43. The van der Waals surface area contributed by atoms with Crippen LogP contribution < -0.4 is 10.1 Å². The summed E-state index contributed by atoms with van der Waals surface area (Å²) >= 11 is 0. The molecule has 4 amide bonds. The summed E-state index contributed by atoms with van der Waals surface area (Å²) in [6, 6.07) is 4.44. The largest absolute Gasteiger partial charge is 0.494 e. The molecular formula is C21H27FN4O4. The Morgan fingerprint density at radius 2 is 1.87 bits per heavy atom. The van der Waals surface area contributed by atoms with Gasteiger partial charge in [0.15, 0.2) is 11.6 Å². The van der Waals surface area contributed by atoms with Crippen LogP contribution >= 0.6 is 0 Å². The van der Waals surface area contributed by atoms with Crippen molar-refractivity contribution in [2.45, 2.75) is 37.8 Å². The Morgan fingerprint density at radius 3 is 2.50 bits per heavy atom. The molecule has 1 spiro atoms. The number of benzene rings is 1. The molecule has 2 saturated heterocycles. The van der Waals surface area contributed by atoms with Crippen molar-refractivity contribution in [2.24, 2.45) is 0 Å². The number of piperazine rings is 1. The number of hydrogen-bond acceptors (Lipinski definition) is 5. The van der Waals surface area contributed by atoms with Gasteiger partial charge in [0, 0.05) is 32.7 Å². The van der Waals surface area contributed by atoms with Crippen LogP contribution in [0.3, 0.4) is 0 Å². The summed E-state index contributed by atoms with van der Waals surface area (Å²) in [5.74, 6) is -0.659. The average Bonchev–Trinajstić information content (AvgIpc) is 3.29. The first-order valence-corrected chi connectivity index (χ1v) is 10.4. The van der Waals surface area contributed by atoms with E-state index in [1.165, 1.54) is 13.2 Å². The molecule has 30 heavy (non-hydrogen) atoms. The lowest BCUT2D eigenvalue weighted by molar-refractivity contribution is -0.140. The molecule has 0 aromatic heterocycles. The van der Waals surface area contributed by atoms with Crippen LogP contribution in [0.1, 0.15) is 31.2 Å². The van der Waals surface area contributed by atoms with E-state index in [9.17, 15) is 18.8 Å². The Hall–Kier alpha value is -2.68. The zero-order valence-electron chi connectivity index (χ0n) is 17.2. The van der Waals surface area contributed by atoms with Gasteiger partial charge in [0.1, 0.15) is 12.1 Å². The molecule has 1 aliphatic carbocycles. The van der Waals surface area contributed by atoms with Crippen molar-refractivity contribution in [3.8, 4) is 5.75 Å². The van der Waals surface area contributed by atoms with Gasteiger partial charge in [-0.1, -0.05) is 18.9 Å². The summed E-state index contributed by atoms with van der Waals surface area (Å²) in [5.41, 5.74) is 0.0539. The summed E-state index contributed by atoms with van der Waals surface area (Å²) in [6.07, 6.45) is 3.11. The molecule has 3 fully saturated rings. The quantitative estimate of drug-likeness (QED) is 0.730. The van der Waals surface area contributed by atoms with Crippen LogP contribution in [0.15, 0.2) is 18.2 Å². The van der Waals surface area contributed by atoms with Crippen LogP contribution in [-0.2, 0) is 16.1 Å². The monoisotopic (exact) mass is 418 g/mol. The van der Waals surface area contributed by atoms with Crippen molar-refractivity contribution >= 4 is 17.8 Å². The smallest absolute Gasteiger partial charge is 0.325 e. The molecule has 1 aromatic rings. The molecule has 8 nitrogen and oxygen atoms in total. The zero-order valence-corrected chi connectivity index (χ0v) is 17.2. The van der Waals surface area contributed by atoms with Crippen molar-refractivity contribution in [1.82, 2.24) is 20.0 Å². The molecule has 1 N–H and O–H groups in total. The molecule has 1 aromatic carbocycles. The second kappa shape index (κ2) is 8.22. The summed E-state index contributed by atoms with van der Waals surface area (Å²) in [5, 5.41) is 2.80. The van der Waals surface area contributed by atoms with Gasteiger partial charge in [0.2, 0.25) is 5.91 Å². The Balaban J connectivity index is 1.29. The standard InChI is InChI=1S/C21H27FN4O4/c1-30-17-5-4-15(12-16(17)22)13-24-8-10-25(11-9-24)18(27)14-26-19(28)21(23-20(26)29)6-2-3-7-21/h4-5,12H,2-3,6-11,13-14H2,1H3,(H,23,29). The van der Waals surface area contributed by atoms with Crippen LogP contribution in [0.25, 0.3) is 0 Å². The number of amides is 4.